The van der Waals surface area contributed by atoms with Crippen molar-refractivity contribution >= 4 is 16.9 Å². The summed E-state index contributed by atoms with van der Waals surface area (Å²) in [6.07, 6.45) is -0.224. The number of carbonyl (C=O) groups excluding carboxylic acids is 1. The minimum Gasteiger partial charge on any atom is -0.491 e. The monoisotopic (exact) mass is 279 g/mol. The average Bonchev–Trinajstić information content (AvgIpc) is 2.80. The van der Waals surface area contributed by atoms with E-state index in [9.17, 15) is 9.18 Å². The molecule has 4 nitrogen and oxygen atoms in total. The first-order valence-corrected chi connectivity index (χ1v) is 6.61. The van der Waals surface area contributed by atoms with Gasteiger partial charge < -0.3 is 14.0 Å². The Morgan fingerprint density at radius 2 is 2.10 bits per heavy atom. The number of alkyl halides is 1. The summed E-state index contributed by atoms with van der Waals surface area (Å²) in [4.78, 5) is 11.5. The molecule has 1 aromatic heterocycles. The quantitative estimate of drug-likeness (QED) is 0.787. The molecule has 2 aromatic rings. The Morgan fingerprint density at radius 3 is 2.75 bits per heavy atom. The third-order valence-electron chi connectivity index (χ3n) is 2.79. The maximum absolute atomic E-state index is 14.0. The molecule has 2 rings (SSSR count). The lowest BCUT2D eigenvalue weighted by Gasteiger charge is -2.12. The fraction of sp³-hybridized carbons (Fsp3) is 0.400. The molecule has 0 bridgehead atoms. The number of aromatic nitrogens is 1. The Morgan fingerprint density at radius 1 is 1.35 bits per heavy atom. The molecule has 0 aliphatic rings. The van der Waals surface area contributed by atoms with Crippen LogP contribution < -0.4 is 4.74 Å². The molecule has 0 aliphatic heterocycles. The summed E-state index contributed by atoms with van der Waals surface area (Å²) in [6, 6.07) is 7.06. The first-order valence-electron chi connectivity index (χ1n) is 6.61. The van der Waals surface area contributed by atoms with Crippen LogP contribution in [-0.4, -0.2) is 23.2 Å². The highest BCUT2D eigenvalue weighted by Crippen LogP contribution is 2.26. The van der Waals surface area contributed by atoms with Gasteiger partial charge in [0.15, 0.2) is 0 Å². The summed E-state index contributed by atoms with van der Waals surface area (Å²) < 4.78 is 25.6. The summed E-state index contributed by atoms with van der Waals surface area (Å²) in [7, 11) is 0. The second-order valence-corrected chi connectivity index (χ2v) is 4.70. The molecule has 0 radical (unpaired) electrons. The number of halogens is 1. The summed E-state index contributed by atoms with van der Waals surface area (Å²) in [5, 5.41) is 0.815. The van der Waals surface area contributed by atoms with Gasteiger partial charge in [-0.1, -0.05) is 0 Å². The lowest BCUT2D eigenvalue weighted by atomic mass is 10.2. The van der Waals surface area contributed by atoms with E-state index in [4.69, 9.17) is 9.47 Å². The number of benzene rings is 1. The van der Waals surface area contributed by atoms with Crippen LogP contribution in [0.25, 0.3) is 10.9 Å². The summed E-state index contributed by atoms with van der Waals surface area (Å²) >= 11 is 0. The third kappa shape index (κ3) is 2.92. The molecule has 1 aromatic carbocycles. The highest BCUT2D eigenvalue weighted by Gasteiger charge is 2.21. The van der Waals surface area contributed by atoms with E-state index in [-0.39, 0.29) is 12.7 Å². The predicted molar refractivity (Wildman–Crippen MR) is 74.5 cm³/mol. The number of hydrogen-bond donors (Lipinski definition) is 0. The van der Waals surface area contributed by atoms with Crippen LogP contribution in [0, 0.1) is 0 Å². The van der Waals surface area contributed by atoms with Crippen molar-refractivity contribution in [1.29, 1.82) is 0 Å². The summed E-state index contributed by atoms with van der Waals surface area (Å²) in [5.41, 5.74) is 0.627. The topological polar surface area (TPSA) is 40.5 Å². The first kappa shape index (κ1) is 14.4. The van der Waals surface area contributed by atoms with Gasteiger partial charge in [-0.25, -0.2) is 9.18 Å². The predicted octanol–water partition coefficient (Wildman–Crippen LogP) is 3.46. The maximum atomic E-state index is 14.0. The molecule has 0 spiro atoms. The third-order valence-corrected chi connectivity index (χ3v) is 2.79. The lowest BCUT2D eigenvalue weighted by molar-refractivity contribution is -0.152. The Labute approximate surface area is 117 Å². The van der Waals surface area contributed by atoms with E-state index >= 15 is 0 Å². The Balaban J connectivity index is 2.30. The van der Waals surface area contributed by atoms with Gasteiger partial charge in [0.05, 0.1) is 18.2 Å². The van der Waals surface area contributed by atoms with Crippen molar-refractivity contribution in [3.05, 3.63) is 30.5 Å². The average molecular weight is 279 g/mol. The van der Waals surface area contributed by atoms with Crippen LogP contribution in [0.1, 0.15) is 27.1 Å². The minimum absolute atomic E-state index is 0.0722. The Kier molecular flexibility index (Phi) is 4.27. The van der Waals surface area contributed by atoms with Crippen molar-refractivity contribution in [2.45, 2.75) is 33.2 Å². The van der Waals surface area contributed by atoms with Gasteiger partial charge in [-0.05, 0) is 45.0 Å². The van der Waals surface area contributed by atoms with Crippen molar-refractivity contribution in [2.75, 3.05) is 6.61 Å². The second-order valence-electron chi connectivity index (χ2n) is 4.70. The number of carbonyl (C=O) groups is 1. The van der Waals surface area contributed by atoms with Gasteiger partial charge in [0, 0.05) is 11.6 Å². The van der Waals surface area contributed by atoms with Crippen molar-refractivity contribution < 1.29 is 18.7 Å². The van der Waals surface area contributed by atoms with Crippen molar-refractivity contribution in [3.63, 3.8) is 0 Å². The van der Waals surface area contributed by atoms with Crippen molar-refractivity contribution in [3.8, 4) is 5.75 Å². The molecule has 1 unspecified atom stereocenters. The summed E-state index contributed by atoms with van der Waals surface area (Å²) in [6.45, 7) is 5.68. The molecule has 1 atom stereocenters. The number of fused-ring (bicyclic) bond motifs is 1. The van der Waals surface area contributed by atoms with E-state index < -0.39 is 12.3 Å². The van der Waals surface area contributed by atoms with Crippen LogP contribution in [0.15, 0.2) is 30.5 Å². The van der Waals surface area contributed by atoms with Crippen LogP contribution >= 0.6 is 0 Å². The number of esters is 1. The van der Waals surface area contributed by atoms with E-state index in [0.29, 0.717) is 5.52 Å². The highest BCUT2D eigenvalue weighted by molar-refractivity contribution is 5.84. The lowest BCUT2D eigenvalue weighted by Crippen LogP contribution is -2.17. The molecule has 0 saturated heterocycles. The zero-order valence-electron chi connectivity index (χ0n) is 11.8. The second kappa shape index (κ2) is 5.94. The van der Waals surface area contributed by atoms with Gasteiger partial charge in [0.2, 0.25) is 0 Å². The van der Waals surface area contributed by atoms with E-state index in [1.165, 1.54) is 10.8 Å². The molecule has 1 heterocycles. The first-order chi connectivity index (χ1) is 9.52. The standard InChI is InChI=1S/C15H18FNO3/c1-4-19-15(18)14(16)17-8-7-11-9-12(20-10(2)3)5-6-13(11)17/h5-10,14H,4H2,1-3H3. The van der Waals surface area contributed by atoms with Crippen LogP contribution in [0.2, 0.25) is 0 Å². The van der Waals surface area contributed by atoms with E-state index in [1.54, 1.807) is 25.1 Å². The van der Waals surface area contributed by atoms with Crippen molar-refractivity contribution in [2.24, 2.45) is 0 Å². The number of hydrogen-bond acceptors (Lipinski definition) is 3. The van der Waals surface area contributed by atoms with Crippen LogP contribution in [0.4, 0.5) is 4.39 Å². The fourth-order valence-electron chi connectivity index (χ4n) is 2.01. The van der Waals surface area contributed by atoms with Gasteiger partial charge in [0.25, 0.3) is 6.30 Å². The SMILES string of the molecule is CCOC(=O)C(F)n1ccc2cc(OC(C)C)ccc21. The van der Waals surface area contributed by atoms with Gasteiger partial charge in [-0.3, -0.25) is 0 Å². The van der Waals surface area contributed by atoms with Gasteiger partial charge in [-0.2, -0.15) is 0 Å². The smallest absolute Gasteiger partial charge is 0.362 e. The summed E-state index contributed by atoms with van der Waals surface area (Å²) in [5.74, 6) is -0.163. The van der Waals surface area contributed by atoms with Crippen molar-refractivity contribution in [1.82, 2.24) is 4.57 Å². The van der Waals surface area contributed by atoms with E-state index in [1.807, 2.05) is 19.9 Å². The van der Waals surface area contributed by atoms with Gasteiger partial charge in [0.1, 0.15) is 5.75 Å². The molecule has 0 aliphatic carbocycles. The molecule has 0 N–H and O–H groups in total. The molecule has 0 saturated carbocycles. The van der Waals surface area contributed by atoms with Gasteiger partial charge >= 0.3 is 5.97 Å². The molecule has 5 heteroatoms. The van der Waals surface area contributed by atoms with E-state index in [0.717, 1.165) is 11.1 Å². The van der Waals surface area contributed by atoms with Crippen LogP contribution in [0.3, 0.4) is 0 Å². The molecule has 0 amide bonds. The highest BCUT2D eigenvalue weighted by atomic mass is 19.1. The zero-order chi connectivity index (χ0) is 14.7. The van der Waals surface area contributed by atoms with Crippen LogP contribution in [0.5, 0.6) is 5.75 Å². The van der Waals surface area contributed by atoms with E-state index in [2.05, 4.69) is 0 Å². The van der Waals surface area contributed by atoms with Gasteiger partial charge in [-0.15, -0.1) is 0 Å². The van der Waals surface area contributed by atoms with Crippen LogP contribution in [-0.2, 0) is 9.53 Å². The fourth-order valence-corrected chi connectivity index (χ4v) is 2.01. The number of rotatable bonds is 5. The Hall–Kier alpha value is -2.04. The Bertz CT molecular complexity index is 606. The number of ether oxygens (including phenoxy) is 2. The molecule has 20 heavy (non-hydrogen) atoms. The molecular formula is C15H18FNO3. The zero-order valence-corrected chi connectivity index (χ0v) is 11.8. The molecular weight excluding hydrogens is 261 g/mol. The minimum atomic E-state index is -1.83. The number of nitrogens with zero attached hydrogens (tertiary/aromatic N) is 1. The normalized spacial score (nSPS) is 12.7. The maximum Gasteiger partial charge on any atom is 0.362 e. The molecule has 0 fully saturated rings. The molecule has 108 valence electrons. The largest absolute Gasteiger partial charge is 0.491 e.